The number of aryl methyl sites for hydroxylation is 3. The van der Waals surface area contributed by atoms with Crippen molar-refractivity contribution in [3.63, 3.8) is 0 Å². The molecule has 2 rings (SSSR count). The molecule has 0 saturated carbocycles. The second kappa shape index (κ2) is 4.35. The zero-order chi connectivity index (χ0) is 11.7. The van der Waals surface area contributed by atoms with Crippen LogP contribution in [0.2, 0.25) is 0 Å². The number of aromatic nitrogens is 2. The van der Waals surface area contributed by atoms with E-state index in [0.29, 0.717) is 0 Å². The molecule has 0 radical (unpaired) electrons. The normalized spacial score (nSPS) is 11.0. The fraction of sp³-hybridized carbons (Fsp3) is 0.455. The van der Waals surface area contributed by atoms with Gasteiger partial charge in [-0.05, 0) is 20.8 Å². The van der Waals surface area contributed by atoms with Crippen LogP contribution in [0, 0.1) is 20.8 Å². The number of hydrogen-bond acceptors (Lipinski definition) is 5. The second-order valence-electron chi connectivity index (χ2n) is 3.75. The highest BCUT2D eigenvalue weighted by Gasteiger charge is 2.13. The maximum absolute atomic E-state index is 9.08. The van der Waals surface area contributed by atoms with Gasteiger partial charge in [0.05, 0.1) is 23.0 Å². The lowest BCUT2D eigenvalue weighted by Crippen LogP contribution is -1.92. The second-order valence-corrected chi connectivity index (χ2v) is 5.04. The summed E-state index contributed by atoms with van der Waals surface area (Å²) >= 11 is 1.61. The summed E-state index contributed by atoms with van der Waals surface area (Å²) in [5.41, 5.74) is 2.78. The smallest absolute Gasteiger partial charge is 0.137 e. The quantitative estimate of drug-likeness (QED) is 0.890. The van der Waals surface area contributed by atoms with Gasteiger partial charge in [-0.2, -0.15) is 0 Å². The maximum atomic E-state index is 9.08. The number of nitrogens with zero attached hydrogens (tertiary/aromatic N) is 2. The molecule has 0 bridgehead atoms. The first-order valence-corrected chi connectivity index (χ1v) is 5.91. The lowest BCUT2D eigenvalue weighted by atomic mass is 10.1. The Morgan fingerprint density at radius 1 is 1.31 bits per heavy atom. The van der Waals surface area contributed by atoms with Crippen LogP contribution >= 0.6 is 11.3 Å². The van der Waals surface area contributed by atoms with Gasteiger partial charge in [0.1, 0.15) is 5.76 Å². The van der Waals surface area contributed by atoms with Crippen molar-refractivity contribution in [1.82, 2.24) is 10.1 Å². The molecule has 5 heteroatoms. The largest absolute Gasteiger partial charge is 0.390 e. The van der Waals surface area contributed by atoms with Crippen LogP contribution in [-0.2, 0) is 13.0 Å². The summed E-state index contributed by atoms with van der Waals surface area (Å²) in [6.45, 7) is 5.81. The van der Waals surface area contributed by atoms with Crippen molar-refractivity contribution >= 4 is 11.3 Å². The van der Waals surface area contributed by atoms with E-state index in [2.05, 4.69) is 10.1 Å². The molecule has 0 aliphatic heterocycles. The van der Waals surface area contributed by atoms with Crippen LogP contribution < -0.4 is 0 Å². The first-order chi connectivity index (χ1) is 7.61. The molecular weight excluding hydrogens is 224 g/mol. The average molecular weight is 238 g/mol. The molecule has 0 atom stereocenters. The molecule has 0 saturated heterocycles. The van der Waals surface area contributed by atoms with E-state index in [1.54, 1.807) is 11.3 Å². The molecule has 86 valence electrons. The Balaban J connectivity index is 2.27. The van der Waals surface area contributed by atoms with Crippen LogP contribution in [0.3, 0.4) is 0 Å². The lowest BCUT2D eigenvalue weighted by Gasteiger charge is -1.94. The van der Waals surface area contributed by atoms with Crippen LogP contribution in [-0.4, -0.2) is 15.2 Å². The van der Waals surface area contributed by atoms with E-state index in [4.69, 9.17) is 9.63 Å². The fourth-order valence-electron chi connectivity index (χ4n) is 1.62. The molecule has 0 unspecified atom stereocenters. The monoisotopic (exact) mass is 238 g/mol. The van der Waals surface area contributed by atoms with Gasteiger partial charge in [0.2, 0.25) is 0 Å². The van der Waals surface area contributed by atoms with Gasteiger partial charge >= 0.3 is 0 Å². The molecule has 0 amide bonds. The fourth-order valence-corrected chi connectivity index (χ4v) is 2.57. The summed E-state index contributed by atoms with van der Waals surface area (Å²) in [4.78, 5) is 5.46. The minimum Gasteiger partial charge on any atom is -0.390 e. The molecule has 2 aromatic heterocycles. The van der Waals surface area contributed by atoms with E-state index in [-0.39, 0.29) is 6.61 Å². The van der Waals surface area contributed by atoms with Gasteiger partial charge in [0.25, 0.3) is 0 Å². The van der Waals surface area contributed by atoms with Gasteiger partial charge in [-0.3, -0.25) is 0 Å². The van der Waals surface area contributed by atoms with Crippen molar-refractivity contribution in [1.29, 1.82) is 0 Å². The molecular formula is C11H14N2O2S. The third kappa shape index (κ3) is 2.01. The molecule has 0 aromatic carbocycles. The molecule has 0 aliphatic carbocycles. The Morgan fingerprint density at radius 3 is 2.56 bits per heavy atom. The Kier molecular flexibility index (Phi) is 3.07. The van der Waals surface area contributed by atoms with Crippen molar-refractivity contribution in [2.24, 2.45) is 0 Å². The Morgan fingerprint density at radius 2 is 2.06 bits per heavy atom. The van der Waals surface area contributed by atoms with Gasteiger partial charge in [-0.1, -0.05) is 5.16 Å². The first-order valence-electron chi connectivity index (χ1n) is 5.09. The van der Waals surface area contributed by atoms with Gasteiger partial charge in [-0.25, -0.2) is 4.98 Å². The minimum absolute atomic E-state index is 0.00390. The molecule has 0 fully saturated rings. The zero-order valence-corrected chi connectivity index (χ0v) is 10.4. The molecule has 4 nitrogen and oxygen atoms in total. The summed E-state index contributed by atoms with van der Waals surface area (Å²) in [6.07, 6.45) is 0.729. The highest BCUT2D eigenvalue weighted by molar-refractivity contribution is 7.11. The Bertz CT molecular complexity index is 483. The van der Waals surface area contributed by atoms with E-state index in [1.165, 1.54) is 0 Å². The van der Waals surface area contributed by atoms with Crippen molar-refractivity contribution in [3.8, 4) is 0 Å². The molecule has 2 aromatic rings. The van der Waals surface area contributed by atoms with Crippen molar-refractivity contribution in [3.05, 3.63) is 32.6 Å². The van der Waals surface area contributed by atoms with E-state index >= 15 is 0 Å². The molecule has 1 N–H and O–H groups in total. The van der Waals surface area contributed by atoms with Gasteiger partial charge < -0.3 is 9.63 Å². The number of aliphatic hydroxyl groups is 1. The molecule has 16 heavy (non-hydrogen) atoms. The number of aliphatic hydroxyl groups excluding tert-OH is 1. The maximum Gasteiger partial charge on any atom is 0.137 e. The van der Waals surface area contributed by atoms with E-state index in [1.807, 2.05) is 20.8 Å². The van der Waals surface area contributed by atoms with Crippen LogP contribution in [0.1, 0.15) is 32.6 Å². The highest BCUT2D eigenvalue weighted by atomic mass is 32.1. The van der Waals surface area contributed by atoms with Crippen LogP contribution in [0.25, 0.3) is 0 Å². The first kappa shape index (κ1) is 11.3. The van der Waals surface area contributed by atoms with Crippen molar-refractivity contribution < 1.29 is 9.63 Å². The third-order valence-corrected chi connectivity index (χ3v) is 3.61. The van der Waals surface area contributed by atoms with Crippen LogP contribution in [0.5, 0.6) is 0 Å². The SMILES string of the molecule is Cc1noc(C)c1Cc1nc(CO)c(C)s1. The summed E-state index contributed by atoms with van der Waals surface area (Å²) < 4.78 is 5.11. The standard InChI is InChI=1S/C11H14N2O2S/c1-6-9(7(2)15-13-6)4-11-12-10(5-14)8(3)16-11/h14H,4-5H2,1-3H3. The molecule has 0 spiro atoms. The molecule has 0 aliphatic rings. The molecule has 2 heterocycles. The number of thiazole rings is 1. The van der Waals surface area contributed by atoms with Gasteiger partial charge in [-0.15, -0.1) is 11.3 Å². The summed E-state index contributed by atoms with van der Waals surface area (Å²) in [6, 6.07) is 0. The lowest BCUT2D eigenvalue weighted by molar-refractivity contribution is 0.276. The van der Waals surface area contributed by atoms with Gasteiger partial charge in [0, 0.05) is 16.9 Å². The Hall–Kier alpha value is -1.20. The number of rotatable bonds is 3. The highest BCUT2D eigenvalue weighted by Crippen LogP contribution is 2.23. The topological polar surface area (TPSA) is 59.2 Å². The van der Waals surface area contributed by atoms with Crippen molar-refractivity contribution in [2.45, 2.75) is 33.8 Å². The zero-order valence-electron chi connectivity index (χ0n) is 9.57. The predicted molar refractivity (Wildman–Crippen MR) is 61.6 cm³/mol. The van der Waals surface area contributed by atoms with E-state index < -0.39 is 0 Å². The van der Waals surface area contributed by atoms with E-state index in [0.717, 1.165) is 39.0 Å². The van der Waals surface area contributed by atoms with E-state index in [9.17, 15) is 0 Å². The minimum atomic E-state index is 0.00390. The Labute approximate surface area is 97.9 Å². The third-order valence-electron chi connectivity index (χ3n) is 2.60. The number of hydrogen-bond donors (Lipinski definition) is 1. The van der Waals surface area contributed by atoms with Crippen molar-refractivity contribution in [2.75, 3.05) is 0 Å². The van der Waals surface area contributed by atoms with Crippen LogP contribution in [0.4, 0.5) is 0 Å². The summed E-state index contributed by atoms with van der Waals surface area (Å²) in [5, 5.41) is 14.0. The summed E-state index contributed by atoms with van der Waals surface area (Å²) in [5.74, 6) is 0.843. The average Bonchev–Trinajstić information content (AvgIpc) is 2.76. The predicted octanol–water partition coefficient (Wildman–Crippen LogP) is 2.14. The van der Waals surface area contributed by atoms with Crippen LogP contribution in [0.15, 0.2) is 4.52 Å². The summed E-state index contributed by atoms with van der Waals surface area (Å²) in [7, 11) is 0. The van der Waals surface area contributed by atoms with Gasteiger partial charge in [0.15, 0.2) is 0 Å².